The Morgan fingerprint density at radius 3 is 2.82 bits per heavy atom. The van der Waals surface area contributed by atoms with Crippen LogP contribution in [0.2, 0.25) is 5.02 Å². The monoisotopic (exact) mass is 326 g/mol. The highest BCUT2D eigenvalue weighted by molar-refractivity contribution is 6.32. The minimum absolute atomic E-state index is 0.0836. The average Bonchev–Trinajstić information content (AvgIpc) is 2.55. The van der Waals surface area contributed by atoms with Crippen LogP contribution in [0.4, 0.5) is 0 Å². The molecule has 1 amide bonds. The fourth-order valence-corrected chi connectivity index (χ4v) is 2.43. The van der Waals surface area contributed by atoms with Crippen LogP contribution in [0.5, 0.6) is 5.75 Å². The first-order valence-corrected chi connectivity index (χ1v) is 7.96. The average molecular weight is 327 g/mol. The van der Waals surface area contributed by atoms with Gasteiger partial charge in [-0.25, -0.2) is 0 Å². The predicted molar refractivity (Wildman–Crippen MR) is 86.5 cm³/mol. The number of amides is 1. The number of likely N-dealkylation sites (N-methyl/N-ethyl adjacent to an activating group) is 1. The molecular formula is C16H23ClN2O3. The molecule has 1 heterocycles. The number of morpholine rings is 1. The van der Waals surface area contributed by atoms with Crippen molar-refractivity contribution in [3.05, 3.63) is 29.3 Å². The molecule has 0 N–H and O–H groups in total. The van der Waals surface area contributed by atoms with E-state index in [-0.39, 0.29) is 5.91 Å². The van der Waals surface area contributed by atoms with Gasteiger partial charge < -0.3 is 14.4 Å². The van der Waals surface area contributed by atoms with Gasteiger partial charge in [-0.1, -0.05) is 23.7 Å². The van der Waals surface area contributed by atoms with Crippen LogP contribution in [-0.4, -0.2) is 68.8 Å². The third-order valence-corrected chi connectivity index (χ3v) is 4.00. The molecule has 1 saturated heterocycles. The zero-order valence-electron chi connectivity index (χ0n) is 13.0. The Bertz CT molecular complexity index is 478. The van der Waals surface area contributed by atoms with Gasteiger partial charge in [0.2, 0.25) is 5.91 Å². The van der Waals surface area contributed by atoms with Crippen molar-refractivity contribution < 1.29 is 14.3 Å². The number of benzene rings is 1. The summed E-state index contributed by atoms with van der Waals surface area (Å²) in [5.74, 6) is 0.702. The molecule has 5 nitrogen and oxygen atoms in total. The lowest BCUT2D eigenvalue weighted by Crippen LogP contribution is -2.42. The van der Waals surface area contributed by atoms with Crippen molar-refractivity contribution in [2.75, 3.05) is 53.0 Å². The van der Waals surface area contributed by atoms with Crippen LogP contribution in [-0.2, 0) is 9.53 Å². The maximum absolute atomic E-state index is 12.1. The second kappa shape index (κ2) is 8.98. The van der Waals surface area contributed by atoms with Gasteiger partial charge in [-0.2, -0.15) is 0 Å². The third-order valence-electron chi connectivity index (χ3n) is 3.69. The summed E-state index contributed by atoms with van der Waals surface area (Å²) in [4.78, 5) is 16.1. The van der Waals surface area contributed by atoms with E-state index in [1.54, 1.807) is 17.0 Å². The largest absolute Gasteiger partial charge is 0.491 e. The van der Waals surface area contributed by atoms with Crippen molar-refractivity contribution in [3.8, 4) is 5.75 Å². The highest BCUT2D eigenvalue weighted by Gasteiger charge is 2.13. The van der Waals surface area contributed by atoms with Gasteiger partial charge in [-0.15, -0.1) is 0 Å². The van der Waals surface area contributed by atoms with E-state index in [1.807, 2.05) is 19.2 Å². The predicted octanol–water partition coefficient (Wildman–Crippen LogP) is 1.90. The lowest BCUT2D eigenvalue weighted by atomic mass is 10.3. The van der Waals surface area contributed by atoms with Crippen LogP contribution in [0.15, 0.2) is 24.3 Å². The van der Waals surface area contributed by atoms with Crippen LogP contribution in [0.25, 0.3) is 0 Å². The number of nitrogens with zero attached hydrogens (tertiary/aromatic N) is 2. The quantitative estimate of drug-likeness (QED) is 0.767. The molecule has 1 aromatic carbocycles. The molecule has 6 heteroatoms. The molecule has 1 aromatic rings. The Labute approximate surface area is 136 Å². The lowest BCUT2D eigenvalue weighted by Gasteiger charge is -2.28. The summed E-state index contributed by atoms with van der Waals surface area (Å²) in [7, 11) is 1.83. The van der Waals surface area contributed by atoms with Crippen molar-refractivity contribution in [2.24, 2.45) is 0 Å². The van der Waals surface area contributed by atoms with E-state index in [2.05, 4.69) is 4.90 Å². The van der Waals surface area contributed by atoms with E-state index in [0.717, 1.165) is 39.4 Å². The summed E-state index contributed by atoms with van der Waals surface area (Å²) in [5, 5.41) is 0.565. The molecule has 0 aromatic heterocycles. The summed E-state index contributed by atoms with van der Waals surface area (Å²) in [6.07, 6.45) is 0.352. The minimum atomic E-state index is 0.0836. The standard InChI is InChI=1S/C16H23ClN2O3/c1-18(7-8-19-9-12-21-13-10-19)16(20)6-11-22-15-5-3-2-4-14(15)17/h2-5H,6-13H2,1H3. The molecule has 0 unspecified atom stereocenters. The third kappa shape index (κ3) is 5.48. The molecule has 2 rings (SSSR count). The SMILES string of the molecule is CN(CCN1CCOCC1)C(=O)CCOc1ccccc1Cl. The molecule has 0 saturated carbocycles. The van der Waals surface area contributed by atoms with Crippen molar-refractivity contribution in [1.29, 1.82) is 0 Å². The molecule has 22 heavy (non-hydrogen) atoms. The minimum Gasteiger partial charge on any atom is -0.491 e. The van der Waals surface area contributed by atoms with Crippen LogP contribution in [0.3, 0.4) is 0 Å². The van der Waals surface area contributed by atoms with Crippen molar-refractivity contribution in [2.45, 2.75) is 6.42 Å². The van der Waals surface area contributed by atoms with Gasteiger partial charge in [0.15, 0.2) is 0 Å². The summed E-state index contributed by atoms with van der Waals surface area (Å²) in [6.45, 7) is 5.40. The van der Waals surface area contributed by atoms with Gasteiger partial charge in [0, 0.05) is 33.2 Å². The van der Waals surface area contributed by atoms with Gasteiger partial charge in [-0.05, 0) is 12.1 Å². The highest BCUT2D eigenvalue weighted by atomic mass is 35.5. The molecule has 1 aliphatic heterocycles. The molecule has 0 radical (unpaired) electrons. The van der Waals surface area contributed by atoms with E-state index in [1.165, 1.54) is 0 Å². The number of rotatable bonds is 7. The zero-order valence-corrected chi connectivity index (χ0v) is 13.7. The zero-order chi connectivity index (χ0) is 15.8. The van der Waals surface area contributed by atoms with Gasteiger partial charge in [0.05, 0.1) is 31.3 Å². The Morgan fingerprint density at radius 1 is 1.36 bits per heavy atom. The molecule has 122 valence electrons. The maximum atomic E-state index is 12.1. The Morgan fingerprint density at radius 2 is 2.09 bits per heavy atom. The van der Waals surface area contributed by atoms with Crippen molar-refractivity contribution >= 4 is 17.5 Å². The first kappa shape index (κ1) is 17.1. The summed E-state index contributed by atoms with van der Waals surface area (Å²) in [5.41, 5.74) is 0. The smallest absolute Gasteiger partial charge is 0.225 e. The number of carbonyl (C=O) groups is 1. The van der Waals surface area contributed by atoms with Crippen LogP contribution < -0.4 is 4.74 Å². The lowest BCUT2D eigenvalue weighted by molar-refractivity contribution is -0.130. The van der Waals surface area contributed by atoms with Gasteiger partial charge in [0.25, 0.3) is 0 Å². The number of para-hydroxylation sites is 1. The Hall–Kier alpha value is -1.30. The second-order valence-electron chi connectivity index (χ2n) is 5.30. The Kier molecular flexibility index (Phi) is 6.96. The number of hydrogen-bond donors (Lipinski definition) is 0. The molecule has 1 aliphatic rings. The van der Waals surface area contributed by atoms with Crippen LogP contribution >= 0.6 is 11.6 Å². The van der Waals surface area contributed by atoms with Crippen molar-refractivity contribution in [1.82, 2.24) is 9.80 Å². The molecular weight excluding hydrogens is 304 g/mol. The normalized spacial score (nSPS) is 15.5. The van der Waals surface area contributed by atoms with Gasteiger partial charge in [0.1, 0.15) is 5.75 Å². The summed E-state index contributed by atoms with van der Waals surface area (Å²) >= 11 is 6.00. The van der Waals surface area contributed by atoms with E-state index in [9.17, 15) is 4.79 Å². The summed E-state index contributed by atoms with van der Waals surface area (Å²) < 4.78 is 10.9. The van der Waals surface area contributed by atoms with Crippen molar-refractivity contribution in [3.63, 3.8) is 0 Å². The number of ether oxygens (including phenoxy) is 2. The topological polar surface area (TPSA) is 42.0 Å². The fourth-order valence-electron chi connectivity index (χ4n) is 2.24. The van der Waals surface area contributed by atoms with Gasteiger partial charge >= 0.3 is 0 Å². The van der Waals surface area contributed by atoms with E-state index >= 15 is 0 Å². The van der Waals surface area contributed by atoms with Crippen LogP contribution in [0.1, 0.15) is 6.42 Å². The van der Waals surface area contributed by atoms with E-state index < -0.39 is 0 Å². The van der Waals surface area contributed by atoms with E-state index in [0.29, 0.717) is 23.8 Å². The van der Waals surface area contributed by atoms with E-state index in [4.69, 9.17) is 21.1 Å². The van der Waals surface area contributed by atoms with Gasteiger partial charge in [-0.3, -0.25) is 9.69 Å². The maximum Gasteiger partial charge on any atom is 0.225 e. The number of carbonyl (C=O) groups excluding carboxylic acids is 1. The van der Waals surface area contributed by atoms with Crippen LogP contribution in [0, 0.1) is 0 Å². The molecule has 0 bridgehead atoms. The Balaban J connectivity index is 1.64. The first-order valence-electron chi connectivity index (χ1n) is 7.58. The first-order chi connectivity index (χ1) is 10.7. The number of hydrogen-bond acceptors (Lipinski definition) is 4. The molecule has 0 spiro atoms. The number of halogens is 1. The molecule has 0 aliphatic carbocycles. The molecule has 1 fully saturated rings. The highest BCUT2D eigenvalue weighted by Crippen LogP contribution is 2.23. The summed E-state index contributed by atoms with van der Waals surface area (Å²) in [6, 6.07) is 7.28. The molecule has 0 atom stereocenters. The fraction of sp³-hybridized carbons (Fsp3) is 0.562. The second-order valence-corrected chi connectivity index (χ2v) is 5.71.